The molecule has 29 heavy (non-hydrogen) atoms. The van der Waals surface area contributed by atoms with E-state index in [1.807, 2.05) is 41.8 Å². The quantitative estimate of drug-likeness (QED) is 0.446. The average Bonchev–Trinajstić information content (AvgIpc) is 3.42. The number of hydrogen-bond donors (Lipinski definition) is 1. The molecule has 1 N–H and O–H groups in total. The van der Waals surface area contributed by atoms with Crippen LogP contribution in [0.3, 0.4) is 0 Å². The van der Waals surface area contributed by atoms with Crippen molar-refractivity contribution in [2.24, 2.45) is 0 Å². The Bertz CT molecular complexity index is 1090. The lowest BCUT2D eigenvalue weighted by Gasteiger charge is -2.10. The lowest BCUT2D eigenvalue weighted by atomic mass is 10.2. The Morgan fingerprint density at radius 1 is 1.07 bits per heavy atom. The zero-order valence-corrected chi connectivity index (χ0v) is 16.4. The first-order chi connectivity index (χ1) is 14.2. The van der Waals surface area contributed by atoms with Crippen LogP contribution < -0.4 is 14.8 Å². The van der Waals surface area contributed by atoms with Crippen LogP contribution in [0.1, 0.15) is 5.69 Å². The number of anilines is 1. The lowest BCUT2D eigenvalue weighted by molar-refractivity contribution is -0.115. The molecule has 4 rings (SSSR count). The van der Waals surface area contributed by atoms with Crippen LogP contribution in [0.15, 0.2) is 76.7 Å². The van der Waals surface area contributed by atoms with E-state index < -0.39 is 0 Å². The second-order valence-corrected chi connectivity index (χ2v) is 6.98. The van der Waals surface area contributed by atoms with Gasteiger partial charge in [-0.2, -0.15) is 0 Å². The normalized spacial score (nSPS) is 10.5. The molecule has 4 aromatic rings. The summed E-state index contributed by atoms with van der Waals surface area (Å²) in [6.07, 6.45) is 1.79. The average molecular weight is 406 g/mol. The fourth-order valence-corrected chi connectivity index (χ4v) is 3.49. The molecule has 0 spiro atoms. The number of nitrogens with zero attached hydrogens (tertiary/aromatic N) is 1. The van der Waals surface area contributed by atoms with Crippen molar-refractivity contribution in [1.29, 1.82) is 0 Å². The van der Waals surface area contributed by atoms with Gasteiger partial charge in [-0.3, -0.25) is 4.79 Å². The summed E-state index contributed by atoms with van der Waals surface area (Å²) in [5, 5.41) is 5.49. The number of amides is 1. The van der Waals surface area contributed by atoms with E-state index in [9.17, 15) is 4.79 Å². The molecule has 2 heterocycles. The standard InChI is InChI=1S/C22H18N2O4S/c1-26-18-5-2-3-6-19(18)28-17-10-8-15(9-11-17)23-21(25)13-16-14-29-22(24-16)20-7-4-12-27-20/h2-12,14H,13H2,1H3,(H,23,25). The molecule has 6 nitrogen and oxygen atoms in total. The van der Waals surface area contributed by atoms with E-state index in [1.54, 1.807) is 37.6 Å². The van der Waals surface area contributed by atoms with Crippen LogP contribution in [-0.2, 0) is 11.2 Å². The second-order valence-electron chi connectivity index (χ2n) is 6.12. The predicted octanol–water partition coefficient (Wildman–Crippen LogP) is 5.39. The van der Waals surface area contributed by atoms with Gasteiger partial charge < -0.3 is 19.2 Å². The summed E-state index contributed by atoms with van der Waals surface area (Å²) < 4.78 is 16.5. The maximum Gasteiger partial charge on any atom is 0.230 e. The molecule has 0 saturated carbocycles. The largest absolute Gasteiger partial charge is 0.493 e. The van der Waals surface area contributed by atoms with Crippen molar-refractivity contribution in [2.45, 2.75) is 6.42 Å². The topological polar surface area (TPSA) is 73.6 Å². The van der Waals surface area contributed by atoms with Crippen molar-refractivity contribution in [2.75, 3.05) is 12.4 Å². The Hall–Kier alpha value is -3.58. The molecule has 0 bridgehead atoms. The van der Waals surface area contributed by atoms with Crippen LogP contribution in [0.4, 0.5) is 5.69 Å². The number of para-hydroxylation sites is 2. The first-order valence-corrected chi connectivity index (χ1v) is 9.78. The van der Waals surface area contributed by atoms with E-state index in [0.717, 1.165) is 5.01 Å². The minimum atomic E-state index is -0.139. The lowest BCUT2D eigenvalue weighted by Crippen LogP contribution is -2.14. The third-order valence-electron chi connectivity index (χ3n) is 4.06. The second kappa shape index (κ2) is 8.62. The number of rotatable bonds is 7. The number of carbonyl (C=O) groups excluding carboxylic acids is 1. The van der Waals surface area contributed by atoms with Crippen molar-refractivity contribution in [1.82, 2.24) is 4.98 Å². The Morgan fingerprint density at radius 3 is 2.59 bits per heavy atom. The molecule has 146 valence electrons. The van der Waals surface area contributed by atoms with Gasteiger partial charge in [-0.15, -0.1) is 11.3 Å². The third-order valence-corrected chi connectivity index (χ3v) is 4.97. The Labute approximate surface area is 171 Å². The van der Waals surface area contributed by atoms with Crippen LogP contribution in [0.25, 0.3) is 10.8 Å². The van der Waals surface area contributed by atoms with E-state index in [-0.39, 0.29) is 12.3 Å². The number of carbonyl (C=O) groups is 1. The fraction of sp³-hybridized carbons (Fsp3) is 0.0909. The van der Waals surface area contributed by atoms with Gasteiger partial charge in [-0.05, 0) is 48.5 Å². The van der Waals surface area contributed by atoms with E-state index in [2.05, 4.69) is 10.3 Å². The molecule has 0 fully saturated rings. The molecule has 7 heteroatoms. The Kier molecular flexibility index (Phi) is 5.58. The number of ether oxygens (including phenoxy) is 2. The zero-order valence-electron chi connectivity index (χ0n) is 15.6. The number of thiazole rings is 1. The Morgan fingerprint density at radius 2 is 1.86 bits per heavy atom. The van der Waals surface area contributed by atoms with Crippen LogP contribution >= 0.6 is 11.3 Å². The van der Waals surface area contributed by atoms with E-state index in [1.165, 1.54) is 11.3 Å². The van der Waals surface area contributed by atoms with Gasteiger partial charge in [0.05, 0.1) is 25.5 Å². The van der Waals surface area contributed by atoms with E-state index >= 15 is 0 Å². The van der Waals surface area contributed by atoms with Gasteiger partial charge in [0.1, 0.15) is 5.75 Å². The molecular formula is C22H18N2O4S. The summed E-state index contributed by atoms with van der Waals surface area (Å²) in [6, 6.07) is 18.2. The van der Waals surface area contributed by atoms with Gasteiger partial charge in [0.25, 0.3) is 0 Å². The highest BCUT2D eigenvalue weighted by Crippen LogP contribution is 2.31. The number of furan rings is 1. The minimum absolute atomic E-state index is 0.139. The highest BCUT2D eigenvalue weighted by atomic mass is 32.1. The molecule has 0 aliphatic rings. The van der Waals surface area contributed by atoms with E-state index in [4.69, 9.17) is 13.9 Å². The highest BCUT2D eigenvalue weighted by molar-refractivity contribution is 7.13. The summed E-state index contributed by atoms with van der Waals surface area (Å²) in [4.78, 5) is 16.8. The van der Waals surface area contributed by atoms with Gasteiger partial charge >= 0.3 is 0 Å². The molecule has 1 amide bonds. The van der Waals surface area contributed by atoms with Crippen LogP contribution in [-0.4, -0.2) is 18.0 Å². The first kappa shape index (κ1) is 18.8. The number of benzene rings is 2. The van der Waals surface area contributed by atoms with Gasteiger partial charge in [-0.25, -0.2) is 4.98 Å². The molecule has 0 atom stereocenters. The predicted molar refractivity (Wildman–Crippen MR) is 112 cm³/mol. The number of nitrogens with one attached hydrogen (secondary N) is 1. The zero-order chi connectivity index (χ0) is 20.1. The molecule has 0 saturated heterocycles. The minimum Gasteiger partial charge on any atom is -0.493 e. The highest BCUT2D eigenvalue weighted by Gasteiger charge is 2.11. The monoisotopic (exact) mass is 406 g/mol. The van der Waals surface area contributed by atoms with Gasteiger partial charge in [-0.1, -0.05) is 12.1 Å². The maximum absolute atomic E-state index is 12.3. The SMILES string of the molecule is COc1ccccc1Oc1ccc(NC(=O)Cc2csc(-c3ccco3)n2)cc1. The van der Waals surface area contributed by atoms with Crippen LogP contribution in [0, 0.1) is 0 Å². The third kappa shape index (κ3) is 4.64. The summed E-state index contributed by atoms with van der Waals surface area (Å²) >= 11 is 1.45. The molecule has 0 aliphatic carbocycles. The molecule has 0 unspecified atom stereocenters. The van der Waals surface area contributed by atoms with Gasteiger partial charge in [0.15, 0.2) is 22.3 Å². The first-order valence-electron chi connectivity index (χ1n) is 8.90. The number of hydrogen-bond acceptors (Lipinski definition) is 6. The summed E-state index contributed by atoms with van der Waals surface area (Å²) in [5.41, 5.74) is 1.39. The van der Waals surface area contributed by atoms with Crippen molar-refractivity contribution < 1.29 is 18.7 Å². The van der Waals surface area contributed by atoms with Crippen molar-refractivity contribution >= 4 is 22.9 Å². The fourth-order valence-electron chi connectivity index (χ4n) is 2.71. The molecule has 0 radical (unpaired) electrons. The summed E-state index contributed by atoms with van der Waals surface area (Å²) in [5.74, 6) is 2.49. The smallest absolute Gasteiger partial charge is 0.230 e. The number of methoxy groups -OCH3 is 1. The van der Waals surface area contributed by atoms with Crippen molar-refractivity contribution in [3.05, 3.63) is 78.0 Å². The molecule has 2 aromatic heterocycles. The van der Waals surface area contributed by atoms with Crippen LogP contribution in [0.2, 0.25) is 0 Å². The van der Waals surface area contributed by atoms with Crippen molar-refractivity contribution in [3.8, 4) is 28.0 Å². The molecule has 2 aromatic carbocycles. The van der Waals surface area contributed by atoms with Crippen LogP contribution in [0.5, 0.6) is 17.2 Å². The number of aromatic nitrogens is 1. The summed E-state index contributed by atoms with van der Waals surface area (Å²) in [7, 11) is 1.60. The summed E-state index contributed by atoms with van der Waals surface area (Å²) in [6.45, 7) is 0. The Balaban J connectivity index is 1.35. The molecular weight excluding hydrogens is 388 g/mol. The molecule has 0 aliphatic heterocycles. The van der Waals surface area contributed by atoms with Gasteiger partial charge in [0.2, 0.25) is 5.91 Å². The van der Waals surface area contributed by atoms with E-state index in [0.29, 0.717) is 34.4 Å². The maximum atomic E-state index is 12.3. The van der Waals surface area contributed by atoms with Gasteiger partial charge in [0, 0.05) is 11.1 Å². The van der Waals surface area contributed by atoms with Crippen molar-refractivity contribution in [3.63, 3.8) is 0 Å².